The zero-order chi connectivity index (χ0) is 8.69. The minimum absolute atomic E-state index is 0.0156. The van der Waals surface area contributed by atoms with Gasteiger partial charge in [0.05, 0.1) is 6.26 Å². The van der Waals surface area contributed by atoms with Crippen molar-refractivity contribution in [2.75, 3.05) is 0 Å². The highest BCUT2D eigenvalue weighted by atomic mass is 16.5. The number of hydrogen-bond acceptors (Lipinski definition) is 2. The molecule has 0 aromatic carbocycles. The van der Waals surface area contributed by atoms with E-state index >= 15 is 0 Å². The van der Waals surface area contributed by atoms with Crippen LogP contribution in [0.4, 0.5) is 0 Å². The summed E-state index contributed by atoms with van der Waals surface area (Å²) in [4.78, 5) is 10.9. The number of amides is 1. The third-order valence-electron chi connectivity index (χ3n) is 1.14. The maximum atomic E-state index is 10.9. The Morgan fingerprint density at radius 3 is 2.91 bits per heavy atom. The summed E-state index contributed by atoms with van der Waals surface area (Å²) in [5.41, 5.74) is 0. The van der Waals surface area contributed by atoms with Crippen LogP contribution in [-0.4, -0.2) is 12.1 Å². The average molecular weight is 157 g/mol. The van der Waals surface area contributed by atoms with Gasteiger partial charge in [-0.05, 0) is 13.3 Å². The van der Waals surface area contributed by atoms with Crippen LogP contribution in [0.3, 0.4) is 0 Å². The second-order valence-corrected chi connectivity index (χ2v) is 2.26. The van der Waals surface area contributed by atoms with Gasteiger partial charge in [0, 0.05) is 6.42 Å². The Hall–Kier alpha value is -0.990. The average Bonchev–Trinajstić information content (AvgIpc) is 1.87. The summed E-state index contributed by atoms with van der Waals surface area (Å²) >= 11 is 0. The van der Waals surface area contributed by atoms with Gasteiger partial charge >= 0.3 is 0 Å². The van der Waals surface area contributed by atoms with Crippen molar-refractivity contribution < 1.29 is 9.53 Å². The highest BCUT2D eigenvalue weighted by molar-refractivity contribution is 5.75. The molecule has 0 aliphatic heterocycles. The summed E-state index contributed by atoms with van der Waals surface area (Å²) in [6.07, 6.45) is 2.44. The van der Waals surface area contributed by atoms with Crippen LogP contribution in [0.15, 0.2) is 12.8 Å². The standard InChI is InChI=1S/C8H15NO2/c1-4-6-8(10)9-7(3)11-5-2/h5,7H,2,4,6H2,1,3H3,(H,9,10). The molecule has 1 unspecified atom stereocenters. The van der Waals surface area contributed by atoms with Crippen LogP contribution < -0.4 is 5.32 Å². The molecule has 11 heavy (non-hydrogen) atoms. The van der Waals surface area contributed by atoms with Crippen LogP contribution in [0.25, 0.3) is 0 Å². The molecule has 0 bridgehead atoms. The highest BCUT2D eigenvalue weighted by Gasteiger charge is 2.03. The molecule has 64 valence electrons. The van der Waals surface area contributed by atoms with E-state index in [1.807, 2.05) is 6.92 Å². The number of ether oxygens (including phenoxy) is 1. The predicted octanol–water partition coefficient (Wildman–Crippen LogP) is 1.41. The summed E-state index contributed by atoms with van der Waals surface area (Å²) in [5, 5.41) is 2.65. The minimum atomic E-state index is -0.272. The molecule has 0 radical (unpaired) electrons. The third kappa shape index (κ3) is 5.45. The van der Waals surface area contributed by atoms with Crippen molar-refractivity contribution in [1.29, 1.82) is 0 Å². The Balaban J connectivity index is 3.48. The summed E-state index contributed by atoms with van der Waals surface area (Å²) in [6, 6.07) is 0. The Labute approximate surface area is 67.4 Å². The Morgan fingerprint density at radius 1 is 1.82 bits per heavy atom. The lowest BCUT2D eigenvalue weighted by molar-refractivity contribution is -0.123. The van der Waals surface area contributed by atoms with Gasteiger partial charge in [0.15, 0.2) is 6.23 Å². The van der Waals surface area contributed by atoms with Crippen LogP contribution in [-0.2, 0) is 9.53 Å². The fourth-order valence-corrected chi connectivity index (χ4v) is 0.704. The molecular formula is C8H15NO2. The maximum Gasteiger partial charge on any atom is 0.222 e. The molecule has 0 rings (SSSR count). The van der Waals surface area contributed by atoms with Crippen molar-refractivity contribution >= 4 is 5.91 Å². The summed E-state index contributed by atoms with van der Waals surface area (Å²) < 4.78 is 4.89. The fraction of sp³-hybridized carbons (Fsp3) is 0.625. The van der Waals surface area contributed by atoms with Gasteiger partial charge in [-0.15, -0.1) is 0 Å². The van der Waals surface area contributed by atoms with Crippen LogP contribution in [0.2, 0.25) is 0 Å². The van der Waals surface area contributed by atoms with Crippen molar-refractivity contribution in [1.82, 2.24) is 5.32 Å². The fourth-order valence-electron chi connectivity index (χ4n) is 0.704. The number of hydrogen-bond donors (Lipinski definition) is 1. The highest BCUT2D eigenvalue weighted by Crippen LogP contribution is 1.90. The molecule has 0 aromatic rings. The van der Waals surface area contributed by atoms with E-state index in [9.17, 15) is 4.79 Å². The minimum Gasteiger partial charge on any atom is -0.479 e. The van der Waals surface area contributed by atoms with Crippen molar-refractivity contribution in [2.45, 2.75) is 32.9 Å². The first-order valence-corrected chi connectivity index (χ1v) is 3.76. The van der Waals surface area contributed by atoms with Crippen LogP contribution in [0.1, 0.15) is 26.7 Å². The Morgan fingerprint density at radius 2 is 2.45 bits per heavy atom. The second kappa shape index (κ2) is 5.77. The first kappa shape index (κ1) is 10.0. The molecule has 0 spiro atoms. The van der Waals surface area contributed by atoms with E-state index in [2.05, 4.69) is 11.9 Å². The van der Waals surface area contributed by atoms with Crippen molar-refractivity contribution in [2.24, 2.45) is 0 Å². The molecule has 0 aliphatic rings. The predicted molar refractivity (Wildman–Crippen MR) is 43.8 cm³/mol. The van der Waals surface area contributed by atoms with E-state index in [-0.39, 0.29) is 12.1 Å². The van der Waals surface area contributed by atoms with Crippen LogP contribution in [0, 0.1) is 0 Å². The zero-order valence-corrected chi connectivity index (χ0v) is 7.09. The van der Waals surface area contributed by atoms with Gasteiger partial charge in [-0.2, -0.15) is 0 Å². The van der Waals surface area contributed by atoms with E-state index < -0.39 is 0 Å². The van der Waals surface area contributed by atoms with E-state index in [0.29, 0.717) is 6.42 Å². The lowest BCUT2D eigenvalue weighted by Crippen LogP contribution is -2.33. The number of carbonyl (C=O) groups excluding carboxylic acids is 1. The van der Waals surface area contributed by atoms with Gasteiger partial charge in [0.1, 0.15) is 0 Å². The Bertz CT molecular complexity index is 134. The van der Waals surface area contributed by atoms with Gasteiger partial charge in [0.2, 0.25) is 5.91 Å². The topological polar surface area (TPSA) is 38.3 Å². The van der Waals surface area contributed by atoms with Gasteiger partial charge in [-0.3, -0.25) is 4.79 Å². The molecule has 0 fully saturated rings. The largest absolute Gasteiger partial charge is 0.479 e. The monoisotopic (exact) mass is 157 g/mol. The molecule has 1 atom stereocenters. The lowest BCUT2D eigenvalue weighted by atomic mass is 10.3. The normalized spacial score (nSPS) is 11.8. The number of rotatable bonds is 5. The van der Waals surface area contributed by atoms with E-state index in [1.165, 1.54) is 6.26 Å². The first-order valence-electron chi connectivity index (χ1n) is 3.76. The van der Waals surface area contributed by atoms with Gasteiger partial charge in [0.25, 0.3) is 0 Å². The van der Waals surface area contributed by atoms with Crippen molar-refractivity contribution in [3.8, 4) is 0 Å². The number of nitrogens with one attached hydrogen (secondary N) is 1. The third-order valence-corrected chi connectivity index (χ3v) is 1.14. The molecule has 0 heterocycles. The summed E-state index contributed by atoms with van der Waals surface area (Å²) in [7, 11) is 0. The Kier molecular flexibility index (Phi) is 5.25. The zero-order valence-electron chi connectivity index (χ0n) is 7.09. The van der Waals surface area contributed by atoms with E-state index in [0.717, 1.165) is 6.42 Å². The summed E-state index contributed by atoms with van der Waals surface area (Å²) in [5.74, 6) is 0.0156. The van der Waals surface area contributed by atoms with Crippen molar-refractivity contribution in [3.63, 3.8) is 0 Å². The quantitative estimate of drug-likeness (QED) is 0.484. The SMILES string of the molecule is C=COC(C)NC(=O)CCC. The number of carbonyl (C=O) groups is 1. The van der Waals surface area contributed by atoms with E-state index in [1.54, 1.807) is 6.92 Å². The summed E-state index contributed by atoms with van der Waals surface area (Å²) in [6.45, 7) is 7.10. The molecule has 1 N–H and O–H groups in total. The molecule has 0 saturated carbocycles. The molecule has 0 aromatic heterocycles. The molecule has 0 aliphatic carbocycles. The van der Waals surface area contributed by atoms with Crippen LogP contribution in [0.5, 0.6) is 0 Å². The molecule has 0 saturated heterocycles. The van der Waals surface area contributed by atoms with Gasteiger partial charge in [-0.1, -0.05) is 13.5 Å². The van der Waals surface area contributed by atoms with Crippen molar-refractivity contribution in [3.05, 3.63) is 12.8 Å². The maximum absolute atomic E-state index is 10.9. The van der Waals surface area contributed by atoms with Crippen LogP contribution >= 0.6 is 0 Å². The molecule has 1 amide bonds. The smallest absolute Gasteiger partial charge is 0.222 e. The second-order valence-electron chi connectivity index (χ2n) is 2.26. The van der Waals surface area contributed by atoms with Gasteiger partial charge < -0.3 is 10.1 Å². The molecule has 3 nitrogen and oxygen atoms in total. The first-order chi connectivity index (χ1) is 5.20. The lowest BCUT2D eigenvalue weighted by Gasteiger charge is -2.12. The molecular weight excluding hydrogens is 142 g/mol. The molecule has 3 heteroatoms. The van der Waals surface area contributed by atoms with E-state index in [4.69, 9.17) is 4.74 Å². The van der Waals surface area contributed by atoms with Gasteiger partial charge in [-0.25, -0.2) is 0 Å².